The van der Waals surface area contributed by atoms with Crippen molar-refractivity contribution in [1.29, 1.82) is 0 Å². The van der Waals surface area contributed by atoms with Gasteiger partial charge < -0.3 is 16.2 Å². The summed E-state index contributed by atoms with van der Waals surface area (Å²) >= 11 is 0. The molecule has 0 bridgehead atoms. The number of nitrogens with two attached hydrogens (primary N) is 1. The lowest BCUT2D eigenvalue weighted by Gasteiger charge is -2.27. The molecule has 4 N–H and O–H groups in total. The molecule has 1 aliphatic heterocycles. The van der Waals surface area contributed by atoms with Gasteiger partial charge in [0.1, 0.15) is 29.4 Å². The maximum atomic E-state index is 13.9. The Morgan fingerprint density at radius 3 is 2.90 bits per heavy atom. The largest absolute Gasteiger partial charge is 0.508 e. The highest BCUT2D eigenvalue weighted by Gasteiger charge is 2.26. The molecule has 0 aliphatic carbocycles. The molecule has 0 radical (unpaired) electrons. The Morgan fingerprint density at radius 2 is 2.07 bits per heavy atom. The van der Waals surface area contributed by atoms with Gasteiger partial charge >= 0.3 is 0 Å². The Hall–Kier alpha value is -3.68. The number of phenolic OH excluding ortho intramolecular Hbond substituents is 1. The van der Waals surface area contributed by atoms with Crippen LogP contribution in [0.3, 0.4) is 0 Å². The van der Waals surface area contributed by atoms with Crippen LogP contribution in [0.25, 0.3) is 22.3 Å². The number of aromatic nitrogens is 4. The summed E-state index contributed by atoms with van der Waals surface area (Å²) < 4.78 is 15.7. The molecule has 3 heterocycles. The van der Waals surface area contributed by atoms with E-state index in [1.165, 1.54) is 29.6 Å². The number of rotatable bonds is 2. The Morgan fingerprint density at radius 1 is 1.21 bits per heavy atom. The van der Waals surface area contributed by atoms with E-state index in [-0.39, 0.29) is 17.6 Å². The zero-order chi connectivity index (χ0) is 20.1. The van der Waals surface area contributed by atoms with E-state index in [2.05, 4.69) is 40.4 Å². The highest BCUT2D eigenvalue weighted by molar-refractivity contribution is 5.98. The van der Waals surface area contributed by atoms with E-state index in [1.807, 2.05) is 4.68 Å². The number of fused-ring (bicyclic) bond motifs is 2. The molecule has 1 unspecified atom stereocenters. The van der Waals surface area contributed by atoms with Crippen molar-refractivity contribution in [2.24, 2.45) is 0 Å². The first kappa shape index (κ1) is 17.4. The van der Waals surface area contributed by atoms with Gasteiger partial charge in [0.05, 0.1) is 11.4 Å². The lowest BCUT2D eigenvalue weighted by atomic mass is 9.98. The van der Waals surface area contributed by atoms with Crippen LogP contribution in [0.2, 0.25) is 0 Å². The van der Waals surface area contributed by atoms with Crippen molar-refractivity contribution in [3.8, 4) is 17.0 Å². The fraction of sp³-hybridized carbons (Fsp3) is 0.190. The van der Waals surface area contributed by atoms with Crippen molar-refractivity contribution in [3.05, 3.63) is 59.7 Å². The third-order valence-electron chi connectivity index (χ3n) is 5.26. The Balaban J connectivity index is 1.67. The van der Waals surface area contributed by atoms with E-state index in [4.69, 9.17) is 10.8 Å². The van der Waals surface area contributed by atoms with Crippen LogP contribution in [0, 0.1) is 12.7 Å². The zero-order valence-electron chi connectivity index (χ0n) is 15.7. The summed E-state index contributed by atoms with van der Waals surface area (Å²) in [6.07, 6.45) is 2.18. The molecule has 1 atom stereocenters. The van der Waals surface area contributed by atoms with Crippen molar-refractivity contribution in [2.75, 3.05) is 17.6 Å². The van der Waals surface area contributed by atoms with Gasteiger partial charge in [0.25, 0.3) is 0 Å². The molecular formula is C21H19FN6O. The van der Waals surface area contributed by atoms with Crippen LogP contribution in [0.1, 0.15) is 17.2 Å². The molecule has 8 heteroatoms. The summed E-state index contributed by atoms with van der Waals surface area (Å²) in [4.78, 5) is 8.49. The number of nitrogens with zero attached hydrogens (tertiary/aromatic N) is 4. The van der Waals surface area contributed by atoms with Crippen LogP contribution in [0.4, 0.5) is 15.9 Å². The van der Waals surface area contributed by atoms with Crippen molar-refractivity contribution in [1.82, 2.24) is 19.7 Å². The monoisotopic (exact) mass is 390 g/mol. The number of anilines is 2. The second kappa shape index (κ2) is 6.44. The molecular weight excluding hydrogens is 371 g/mol. The maximum Gasteiger partial charge on any atom is 0.164 e. The topological polar surface area (TPSA) is 102 Å². The fourth-order valence-corrected chi connectivity index (χ4v) is 3.95. The smallest absolute Gasteiger partial charge is 0.164 e. The number of aryl methyl sites for hydroxylation is 1. The van der Waals surface area contributed by atoms with Crippen molar-refractivity contribution >= 4 is 22.5 Å². The number of benzene rings is 2. The number of hydrogen-bond acceptors (Lipinski definition) is 6. The van der Waals surface area contributed by atoms with Gasteiger partial charge in [-0.15, -0.1) is 0 Å². The van der Waals surface area contributed by atoms with Gasteiger partial charge in [-0.1, -0.05) is 17.7 Å². The predicted octanol–water partition coefficient (Wildman–Crippen LogP) is 3.44. The summed E-state index contributed by atoms with van der Waals surface area (Å²) in [5.74, 6) is -0.469. The molecule has 146 valence electrons. The number of aromatic hydroxyl groups is 1. The molecule has 1 aliphatic rings. The standard InChI is InChI=1S/C21H19FN6O/c1-11-2-3-17-12(4-11)6-15(9-24-17)28-21-18(20(23)25-10-26-21)19(27-28)13-5-14(22)8-16(29)7-13/h2-5,7-8,10,15,24,29H,6,9H2,1H3,(H2,23,25,26). The fourth-order valence-electron chi connectivity index (χ4n) is 3.95. The van der Waals surface area contributed by atoms with Crippen molar-refractivity contribution in [2.45, 2.75) is 19.4 Å². The molecule has 0 saturated heterocycles. The Kier molecular flexibility index (Phi) is 3.87. The summed E-state index contributed by atoms with van der Waals surface area (Å²) in [6, 6.07) is 10.1. The van der Waals surface area contributed by atoms with Gasteiger partial charge in [0.2, 0.25) is 0 Å². The highest BCUT2D eigenvalue weighted by Crippen LogP contribution is 2.35. The van der Waals surface area contributed by atoms with Gasteiger partial charge in [-0.2, -0.15) is 5.10 Å². The average Bonchev–Trinajstić information content (AvgIpc) is 3.08. The van der Waals surface area contributed by atoms with E-state index in [9.17, 15) is 9.50 Å². The number of nitrogen functional groups attached to an aromatic ring is 1. The van der Waals surface area contributed by atoms with Crippen LogP contribution < -0.4 is 11.1 Å². The Labute approximate surface area is 166 Å². The van der Waals surface area contributed by atoms with Gasteiger partial charge in [0.15, 0.2) is 5.65 Å². The second-order valence-electron chi connectivity index (χ2n) is 7.35. The minimum Gasteiger partial charge on any atom is -0.508 e. The maximum absolute atomic E-state index is 13.9. The minimum absolute atomic E-state index is 0.00277. The van der Waals surface area contributed by atoms with Gasteiger partial charge in [0, 0.05) is 23.9 Å². The summed E-state index contributed by atoms with van der Waals surface area (Å²) in [5.41, 5.74) is 11.1. The SMILES string of the molecule is Cc1ccc2c(c1)CC(n1nc(-c3cc(O)cc(F)c3)c3c(N)ncnc31)CN2. The number of halogens is 1. The van der Waals surface area contributed by atoms with Gasteiger partial charge in [-0.05, 0) is 37.1 Å². The predicted molar refractivity (Wildman–Crippen MR) is 109 cm³/mol. The van der Waals surface area contributed by atoms with Gasteiger partial charge in [-0.3, -0.25) is 0 Å². The van der Waals surface area contributed by atoms with E-state index in [0.717, 1.165) is 18.2 Å². The summed E-state index contributed by atoms with van der Waals surface area (Å²) in [6.45, 7) is 2.74. The molecule has 29 heavy (non-hydrogen) atoms. The lowest BCUT2D eigenvalue weighted by Crippen LogP contribution is -2.27. The number of phenols is 1. The third-order valence-corrected chi connectivity index (χ3v) is 5.26. The first-order valence-electron chi connectivity index (χ1n) is 9.31. The number of nitrogens with one attached hydrogen (secondary N) is 1. The second-order valence-corrected chi connectivity index (χ2v) is 7.35. The molecule has 0 spiro atoms. The molecule has 2 aromatic carbocycles. The van der Waals surface area contributed by atoms with Crippen molar-refractivity contribution < 1.29 is 9.50 Å². The average molecular weight is 390 g/mol. The van der Waals surface area contributed by atoms with Crippen LogP contribution in [0.15, 0.2) is 42.7 Å². The third kappa shape index (κ3) is 2.93. The van der Waals surface area contributed by atoms with Crippen LogP contribution >= 0.6 is 0 Å². The first-order chi connectivity index (χ1) is 14.0. The minimum atomic E-state index is -0.554. The number of hydrogen-bond donors (Lipinski definition) is 3. The van der Waals surface area contributed by atoms with Crippen LogP contribution in [-0.4, -0.2) is 31.4 Å². The normalized spacial score (nSPS) is 15.9. The quantitative estimate of drug-likeness (QED) is 0.485. The van der Waals surface area contributed by atoms with Crippen LogP contribution in [0.5, 0.6) is 5.75 Å². The summed E-state index contributed by atoms with van der Waals surface area (Å²) in [7, 11) is 0. The van der Waals surface area contributed by atoms with E-state index < -0.39 is 5.82 Å². The molecule has 5 rings (SSSR count). The molecule has 2 aromatic heterocycles. The molecule has 4 aromatic rings. The van der Waals surface area contributed by atoms with Crippen LogP contribution in [-0.2, 0) is 6.42 Å². The van der Waals surface area contributed by atoms with Crippen molar-refractivity contribution in [3.63, 3.8) is 0 Å². The molecule has 0 amide bonds. The molecule has 0 saturated carbocycles. The lowest BCUT2D eigenvalue weighted by molar-refractivity contribution is 0.468. The van der Waals surface area contributed by atoms with Gasteiger partial charge in [-0.25, -0.2) is 19.0 Å². The first-order valence-corrected chi connectivity index (χ1v) is 9.31. The zero-order valence-corrected chi connectivity index (χ0v) is 15.7. The molecule has 0 fully saturated rings. The summed E-state index contributed by atoms with van der Waals surface area (Å²) in [5, 5.41) is 18.6. The van der Waals surface area contributed by atoms with E-state index in [0.29, 0.717) is 28.8 Å². The highest BCUT2D eigenvalue weighted by atomic mass is 19.1. The van der Waals surface area contributed by atoms with E-state index in [1.54, 1.807) is 0 Å². The molecule has 7 nitrogen and oxygen atoms in total. The van der Waals surface area contributed by atoms with E-state index >= 15 is 0 Å². The Bertz CT molecular complexity index is 1230.